The van der Waals surface area contributed by atoms with Gasteiger partial charge in [-0.05, 0) is 57.4 Å². The van der Waals surface area contributed by atoms with Crippen LogP contribution in [0.1, 0.15) is 367 Å². The average Bonchev–Trinajstić information content (AvgIpc) is 3.44. The first-order valence-corrected chi connectivity index (χ1v) is 37.2. The van der Waals surface area contributed by atoms with E-state index in [2.05, 4.69) is 38.2 Å². The molecule has 0 bridgehead atoms. The zero-order valence-electron chi connectivity index (χ0n) is 55.1. The van der Waals surface area contributed by atoms with Crippen LogP contribution in [0.5, 0.6) is 0 Å². The summed E-state index contributed by atoms with van der Waals surface area (Å²) >= 11 is 0. The number of phosphoric ester groups is 1. The van der Waals surface area contributed by atoms with E-state index >= 15 is 0 Å². The zero-order chi connectivity index (χ0) is 59.3. The molecule has 0 aliphatic carbocycles. The number of esters is 1. The number of amides is 1. The highest BCUT2D eigenvalue weighted by Crippen LogP contribution is 2.43. The van der Waals surface area contributed by atoms with Crippen molar-refractivity contribution in [3.05, 3.63) is 24.3 Å². The first kappa shape index (κ1) is 79.5. The van der Waals surface area contributed by atoms with E-state index < -0.39 is 20.0 Å². The van der Waals surface area contributed by atoms with Crippen LogP contribution in [0.4, 0.5) is 0 Å². The van der Waals surface area contributed by atoms with Crippen molar-refractivity contribution in [3.8, 4) is 0 Å². The van der Waals surface area contributed by atoms with Gasteiger partial charge >= 0.3 is 13.8 Å². The first-order chi connectivity index (χ1) is 39.4. The number of carbonyl (C=O) groups is 2. The number of hydrogen-bond acceptors (Lipinski definition) is 6. The lowest BCUT2D eigenvalue weighted by atomic mass is 10.0. The highest BCUT2D eigenvalue weighted by Gasteiger charge is 2.30. The molecule has 81 heavy (non-hydrogen) atoms. The highest BCUT2D eigenvalue weighted by atomic mass is 31.2. The van der Waals surface area contributed by atoms with Crippen molar-refractivity contribution in [1.82, 2.24) is 5.32 Å². The molecular formula is C71H140N2O7P+. The predicted molar refractivity (Wildman–Crippen MR) is 351 cm³/mol. The van der Waals surface area contributed by atoms with Crippen molar-refractivity contribution in [2.24, 2.45) is 0 Å². The molecule has 1 amide bonds. The maximum atomic E-state index is 13.6. The monoisotopic (exact) mass is 1160 g/mol. The van der Waals surface area contributed by atoms with E-state index in [1.165, 1.54) is 276 Å². The van der Waals surface area contributed by atoms with Crippen LogP contribution in [-0.2, 0) is 27.9 Å². The number of nitrogens with zero attached hydrogens (tertiary/aromatic N) is 1. The third kappa shape index (κ3) is 62.8. The van der Waals surface area contributed by atoms with Gasteiger partial charge in [0.15, 0.2) is 0 Å². The fraction of sp³-hybridized carbons (Fsp3) is 0.915. The average molecular weight is 1160 g/mol. The number of ether oxygens (including phenoxy) is 1. The van der Waals surface area contributed by atoms with Gasteiger partial charge in [0.1, 0.15) is 19.3 Å². The number of unbranched alkanes of at least 4 members (excludes halogenated alkanes) is 48. The summed E-state index contributed by atoms with van der Waals surface area (Å²) in [5.74, 6) is -0.481. The highest BCUT2D eigenvalue weighted by molar-refractivity contribution is 7.47. The number of hydrogen-bond donors (Lipinski definition) is 2. The zero-order valence-corrected chi connectivity index (χ0v) is 56.0. The summed E-state index contributed by atoms with van der Waals surface area (Å²) in [5, 5.41) is 3.07. The van der Waals surface area contributed by atoms with Crippen molar-refractivity contribution >= 4 is 19.7 Å². The van der Waals surface area contributed by atoms with E-state index in [-0.39, 0.29) is 25.1 Å². The largest absolute Gasteiger partial charge is 0.472 e. The molecule has 0 aromatic heterocycles. The number of carbonyl (C=O) groups excluding carboxylic acids is 2. The van der Waals surface area contributed by atoms with Gasteiger partial charge in [0.05, 0.1) is 33.8 Å². The van der Waals surface area contributed by atoms with Crippen LogP contribution in [0, 0.1) is 0 Å². The van der Waals surface area contributed by atoms with Crippen LogP contribution in [0.3, 0.4) is 0 Å². The first-order valence-electron chi connectivity index (χ1n) is 35.7. The lowest BCUT2D eigenvalue weighted by Crippen LogP contribution is -2.47. The quantitative estimate of drug-likeness (QED) is 0.0205. The summed E-state index contributed by atoms with van der Waals surface area (Å²) < 4.78 is 30.8. The molecule has 480 valence electrons. The van der Waals surface area contributed by atoms with Crippen LogP contribution >= 0.6 is 7.82 Å². The molecule has 0 spiro atoms. The van der Waals surface area contributed by atoms with Gasteiger partial charge in [-0.25, -0.2) is 4.57 Å². The van der Waals surface area contributed by atoms with Gasteiger partial charge in [-0.15, -0.1) is 0 Å². The minimum Gasteiger partial charge on any atom is -0.456 e. The minimum absolute atomic E-state index is 0.0449. The summed E-state index contributed by atoms with van der Waals surface area (Å²) in [7, 11) is 1.52. The second kappa shape index (κ2) is 61.6. The Morgan fingerprint density at radius 2 is 0.716 bits per heavy atom. The van der Waals surface area contributed by atoms with Crippen LogP contribution in [-0.4, -0.2) is 74.3 Å². The van der Waals surface area contributed by atoms with E-state index in [0.717, 1.165) is 57.8 Å². The van der Waals surface area contributed by atoms with Crippen molar-refractivity contribution in [2.75, 3.05) is 40.9 Å². The number of rotatable bonds is 66. The summed E-state index contributed by atoms with van der Waals surface area (Å²) in [4.78, 5) is 37.8. The molecule has 0 radical (unpaired) electrons. The van der Waals surface area contributed by atoms with E-state index in [9.17, 15) is 19.0 Å². The molecule has 0 aliphatic heterocycles. The predicted octanol–water partition coefficient (Wildman–Crippen LogP) is 22.5. The molecule has 0 aromatic rings. The van der Waals surface area contributed by atoms with Crippen molar-refractivity contribution in [3.63, 3.8) is 0 Å². The number of likely N-dealkylation sites (N-methyl/N-ethyl adjacent to an activating group) is 1. The van der Waals surface area contributed by atoms with Crippen molar-refractivity contribution in [1.29, 1.82) is 0 Å². The van der Waals surface area contributed by atoms with Gasteiger partial charge < -0.3 is 19.4 Å². The van der Waals surface area contributed by atoms with Crippen molar-refractivity contribution in [2.45, 2.75) is 380 Å². The Morgan fingerprint density at radius 1 is 0.420 bits per heavy atom. The molecule has 3 unspecified atom stereocenters. The molecule has 0 heterocycles. The Kier molecular flexibility index (Phi) is 60.4. The molecule has 2 N–H and O–H groups in total. The maximum absolute atomic E-state index is 13.6. The van der Waals surface area contributed by atoms with Crippen LogP contribution in [0.2, 0.25) is 0 Å². The molecule has 0 rings (SSSR count). The fourth-order valence-corrected chi connectivity index (χ4v) is 11.6. The molecule has 0 aliphatic rings. The van der Waals surface area contributed by atoms with E-state index in [1.54, 1.807) is 0 Å². The summed E-state index contributed by atoms with van der Waals surface area (Å²) in [6.07, 6.45) is 74.8. The fourth-order valence-electron chi connectivity index (χ4n) is 10.9. The van der Waals surface area contributed by atoms with Crippen LogP contribution in [0.15, 0.2) is 24.3 Å². The lowest BCUT2D eigenvalue weighted by molar-refractivity contribution is -0.870. The Hall–Kier alpha value is -1.51. The Morgan fingerprint density at radius 3 is 1.05 bits per heavy atom. The molecule has 0 fully saturated rings. The Balaban J connectivity index is 4.96. The maximum Gasteiger partial charge on any atom is 0.472 e. The molecule has 9 nitrogen and oxygen atoms in total. The van der Waals surface area contributed by atoms with Gasteiger partial charge in [0.2, 0.25) is 5.91 Å². The van der Waals surface area contributed by atoms with Gasteiger partial charge in [-0.2, -0.15) is 0 Å². The Bertz CT molecular complexity index is 1430. The van der Waals surface area contributed by atoms with E-state index in [1.807, 2.05) is 33.3 Å². The van der Waals surface area contributed by atoms with Gasteiger partial charge in [-0.1, -0.05) is 322 Å². The number of quaternary nitrogens is 1. The van der Waals surface area contributed by atoms with Crippen LogP contribution < -0.4 is 5.32 Å². The van der Waals surface area contributed by atoms with E-state index in [0.29, 0.717) is 23.9 Å². The van der Waals surface area contributed by atoms with Crippen LogP contribution in [0.25, 0.3) is 0 Å². The van der Waals surface area contributed by atoms with Gasteiger partial charge in [0.25, 0.3) is 0 Å². The van der Waals surface area contributed by atoms with Gasteiger partial charge in [-0.3, -0.25) is 18.6 Å². The molecule has 0 saturated carbocycles. The summed E-state index contributed by atoms with van der Waals surface area (Å²) in [5.41, 5.74) is 0. The third-order valence-corrected chi connectivity index (χ3v) is 17.4. The number of allylic oxidation sites excluding steroid dienone is 3. The SMILES string of the molecule is CCCCCCCC/C=C/CCCCCCCCCCCCCCCCCCCC(=O)OC(/C=C\CCCCCCCCCCCC)C(COP(=O)(O)OCC[N+](C)(C)C)NC(=O)CCCCCCCCCCCCCCCCCC. The molecule has 10 heteroatoms. The summed E-state index contributed by atoms with van der Waals surface area (Å²) in [6, 6.07) is -0.842. The third-order valence-electron chi connectivity index (χ3n) is 16.4. The molecule has 0 saturated heterocycles. The molecular weight excluding hydrogens is 1020 g/mol. The lowest BCUT2D eigenvalue weighted by Gasteiger charge is -2.27. The van der Waals surface area contributed by atoms with Gasteiger partial charge in [0, 0.05) is 12.8 Å². The Labute approximate surface area is 504 Å². The minimum atomic E-state index is -4.45. The number of phosphoric acid groups is 1. The molecule has 0 aromatic carbocycles. The smallest absolute Gasteiger partial charge is 0.456 e. The summed E-state index contributed by atoms with van der Waals surface area (Å²) in [6.45, 7) is 7.07. The van der Waals surface area contributed by atoms with E-state index in [4.69, 9.17) is 13.8 Å². The number of nitrogens with one attached hydrogen (secondary N) is 1. The second-order valence-electron chi connectivity index (χ2n) is 25.8. The molecule has 3 atom stereocenters. The topological polar surface area (TPSA) is 111 Å². The van der Waals surface area contributed by atoms with Crippen molar-refractivity contribution < 1.29 is 37.3 Å². The second-order valence-corrected chi connectivity index (χ2v) is 27.2. The normalized spacial score (nSPS) is 13.6. The standard InChI is InChI=1S/C71H139N2O7P/c1-7-10-13-16-19-22-25-28-30-32-33-34-35-36-37-38-39-40-41-42-44-46-49-52-55-58-61-64-71(75)80-69(62-59-56-53-50-47-27-24-21-18-15-12-9-3)68(67-79-81(76,77)78-66-65-73(4,5)6)72-70(74)63-60-57-54-51-48-45-43-31-29-26-23-20-17-14-11-8-2/h28,30,59,62,68-69H,7-27,29,31-58,60-61,63-67H2,1-6H3,(H-,72,74,76,77)/p+1/b30-28+,62-59-.